The highest BCUT2D eigenvalue weighted by Crippen LogP contribution is 2.30. The number of hydrogen-bond donors (Lipinski definition) is 2. The molecule has 0 aliphatic heterocycles. The molecule has 0 aromatic carbocycles. The Balaban J connectivity index is 3.18. The number of methoxy groups -OCH3 is 2. The van der Waals surface area contributed by atoms with Gasteiger partial charge in [0.1, 0.15) is 5.76 Å². The summed E-state index contributed by atoms with van der Waals surface area (Å²) in [5.41, 5.74) is 5.80. The molecular weight excluding hydrogens is 220 g/mol. The second-order valence-corrected chi connectivity index (χ2v) is 4.92. The Hall–Kier alpha value is -1.05. The monoisotopic (exact) mass is 234 g/mol. The number of sulfonamides is 1. The maximum Gasteiger partial charge on any atom is 0.243 e. The summed E-state index contributed by atoms with van der Waals surface area (Å²) in [7, 11) is -1.17. The molecule has 6 nitrogen and oxygen atoms in total. The van der Waals surface area contributed by atoms with Gasteiger partial charge in [-0.3, -0.25) is 0 Å². The number of nitrogens with two attached hydrogens (primary N) is 2. The fraction of sp³-hybridized carbons (Fsp3) is 0.500. The van der Waals surface area contributed by atoms with Gasteiger partial charge in [0.15, 0.2) is 0 Å². The van der Waals surface area contributed by atoms with E-state index in [2.05, 4.69) is 0 Å². The van der Waals surface area contributed by atoms with Crippen LogP contribution in [-0.2, 0) is 19.5 Å². The summed E-state index contributed by atoms with van der Waals surface area (Å²) in [4.78, 5) is -1.58. The summed E-state index contributed by atoms with van der Waals surface area (Å²) in [6, 6.07) is 0. The Bertz CT molecular complexity index is 412. The Morgan fingerprint density at radius 3 is 2.40 bits per heavy atom. The summed E-state index contributed by atoms with van der Waals surface area (Å²) in [5, 5.41) is 5.08. The van der Waals surface area contributed by atoms with Gasteiger partial charge in [-0.05, 0) is 12.2 Å². The van der Waals surface area contributed by atoms with Crippen molar-refractivity contribution >= 4 is 10.0 Å². The van der Waals surface area contributed by atoms with Gasteiger partial charge in [-0.15, -0.1) is 0 Å². The molecule has 15 heavy (non-hydrogen) atoms. The van der Waals surface area contributed by atoms with Gasteiger partial charge in [-0.1, -0.05) is 0 Å². The molecule has 0 saturated heterocycles. The van der Waals surface area contributed by atoms with Gasteiger partial charge in [-0.2, -0.15) is 0 Å². The van der Waals surface area contributed by atoms with Gasteiger partial charge >= 0.3 is 0 Å². The van der Waals surface area contributed by atoms with Crippen LogP contribution in [0.4, 0.5) is 0 Å². The first kappa shape index (κ1) is 12.0. The highest BCUT2D eigenvalue weighted by molar-refractivity contribution is 7.90. The van der Waals surface area contributed by atoms with E-state index >= 15 is 0 Å². The molecule has 86 valence electrons. The molecule has 1 rings (SSSR count). The van der Waals surface area contributed by atoms with Crippen LogP contribution in [0, 0.1) is 0 Å². The lowest BCUT2D eigenvalue weighted by Crippen LogP contribution is -2.45. The Kier molecular flexibility index (Phi) is 3.08. The smallest absolute Gasteiger partial charge is 0.243 e. The molecule has 0 bridgehead atoms. The highest BCUT2D eigenvalue weighted by atomic mass is 32.2. The van der Waals surface area contributed by atoms with Gasteiger partial charge in [0, 0.05) is 13.5 Å². The van der Waals surface area contributed by atoms with Crippen molar-refractivity contribution < 1.29 is 17.9 Å². The topological polar surface area (TPSA) is 105 Å². The largest absolute Gasteiger partial charge is 0.495 e. The molecule has 4 N–H and O–H groups in total. The van der Waals surface area contributed by atoms with Crippen LogP contribution < -0.4 is 10.9 Å². The molecule has 0 heterocycles. The predicted molar refractivity (Wildman–Crippen MR) is 54.8 cm³/mol. The maximum atomic E-state index is 11.4. The normalized spacial score (nSPS) is 26.9. The van der Waals surface area contributed by atoms with Crippen LogP contribution in [-0.4, -0.2) is 27.6 Å². The molecule has 1 atom stereocenters. The SMILES string of the molecule is COC1=CCC(OC)(S(N)(=O)=O)C=C1N. The van der Waals surface area contributed by atoms with Crippen molar-refractivity contribution in [3.8, 4) is 0 Å². The zero-order valence-corrected chi connectivity index (χ0v) is 9.37. The van der Waals surface area contributed by atoms with Crippen molar-refractivity contribution in [1.29, 1.82) is 0 Å². The third-order valence-electron chi connectivity index (χ3n) is 2.28. The predicted octanol–water partition coefficient (Wildman–Crippen LogP) is -0.606. The molecule has 0 amide bonds. The van der Waals surface area contributed by atoms with Crippen molar-refractivity contribution in [2.45, 2.75) is 11.4 Å². The van der Waals surface area contributed by atoms with Gasteiger partial charge < -0.3 is 15.2 Å². The van der Waals surface area contributed by atoms with E-state index in [1.54, 1.807) is 0 Å². The fourth-order valence-electron chi connectivity index (χ4n) is 1.38. The molecule has 1 aliphatic carbocycles. The maximum absolute atomic E-state index is 11.4. The average molecular weight is 234 g/mol. The zero-order valence-electron chi connectivity index (χ0n) is 8.56. The summed E-state index contributed by atoms with van der Waals surface area (Å²) < 4.78 is 32.6. The van der Waals surface area contributed by atoms with Crippen LogP contribution in [0.3, 0.4) is 0 Å². The third-order valence-corrected chi connectivity index (χ3v) is 3.69. The van der Waals surface area contributed by atoms with Crippen LogP contribution in [0.25, 0.3) is 0 Å². The Morgan fingerprint density at radius 2 is 2.07 bits per heavy atom. The van der Waals surface area contributed by atoms with Crippen LogP contribution in [0.1, 0.15) is 6.42 Å². The minimum absolute atomic E-state index is 0.0756. The van der Waals surface area contributed by atoms with Crippen molar-refractivity contribution in [3.05, 3.63) is 23.6 Å². The van der Waals surface area contributed by atoms with E-state index in [0.29, 0.717) is 5.76 Å². The molecule has 0 spiro atoms. The van der Waals surface area contributed by atoms with E-state index in [1.807, 2.05) is 0 Å². The molecule has 0 fully saturated rings. The third kappa shape index (κ3) is 1.99. The molecule has 0 aromatic rings. The first-order valence-corrected chi connectivity index (χ1v) is 5.71. The van der Waals surface area contributed by atoms with E-state index < -0.39 is 15.0 Å². The molecule has 0 radical (unpaired) electrons. The van der Waals surface area contributed by atoms with Crippen molar-refractivity contribution in [1.82, 2.24) is 0 Å². The lowest BCUT2D eigenvalue weighted by molar-refractivity contribution is 0.0991. The van der Waals surface area contributed by atoms with E-state index in [0.717, 1.165) is 0 Å². The minimum Gasteiger partial charge on any atom is -0.495 e. The van der Waals surface area contributed by atoms with Gasteiger partial charge in [0.2, 0.25) is 15.0 Å². The number of primary sulfonamides is 1. The van der Waals surface area contributed by atoms with E-state index in [9.17, 15) is 8.42 Å². The van der Waals surface area contributed by atoms with Crippen LogP contribution >= 0.6 is 0 Å². The Labute approximate surface area is 88.6 Å². The van der Waals surface area contributed by atoms with Gasteiger partial charge in [0.25, 0.3) is 0 Å². The molecule has 7 heteroatoms. The van der Waals surface area contributed by atoms with Gasteiger partial charge in [0.05, 0.1) is 12.8 Å². The molecule has 0 aromatic heterocycles. The highest BCUT2D eigenvalue weighted by Gasteiger charge is 2.41. The quantitative estimate of drug-likeness (QED) is 0.678. The van der Waals surface area contributed by atoms with Crippen molar-refractivity contribution in [3.63, 3.8) is 0 Å². The lowest BCUT2D eigenvalue weighted by atomic mass is 10.1. The van der Waals surface area contributed by atoms with Crippen LogP contribution in [0.15, 0.2) is 23.6 Å². The van der Waals surface area contributed by atoms with Crippen LogP contribution in [0.2, 0.25) is 0 Å². The van der Waals surface area contributed by atoms with Gasteiger partial charge in [-0.25, -0.2) is 13.6 Å². The number of rotatable bonds is 3. The van der Waals surface area contributed by atoms with E-state index in [1.165, 1.54) is 26.4 Å². The summed E-state index contributed by atoms with van der Waals surface area (Å²) in [6.07, 6.45) is 2.86. The zero-order chi connectivity index (χ0) is 11.7. The first-order valence-electron chi connectivity index (χ1n) is 4.16. The Morgan fingerprint density at radius 1 is 1.47 bits per heavy atom. The molecule has 1 unspecified atom stereocenters. The summed E-state index contributed by atoms with van der Waals surface area (Å²) in [5.74, 6) is 0.423. The minimum atomic E-state index is -3.88. The summed E-state index contributed by atoms with van der Waals surface area (Å²) >= 11 is 0. The second-order valence-electron chi connectivity index (χ2n) is 3.14. The standard InChI is InChI=1S/C8H14N2O4S/c1-13-7-3-4-8(14-2,5-6(7)9)15(10,11)12/h3,5H,4,9H2,1-2H3,(H2,10,11,12). The van der Waals surface area contributed by atoms with Crippen molar-refractivity contribution in [2.75, 3.05) is 14.2 Å². The molecular formula is C8H14N2O4S. The van der Waals surface area contributed by atoms with E-state index in [-0.39, 0.29) is 12.1 Å². The second kappa shape index (κ2) is 3.84. The first-order chi connectivity index (χ1) is 6.86. The molecule has 0 saturated carbocycles. The van der Waals surface area contributed by atoms with Crippen LogP contribution in [0.5, 0.6) is 0 Å². The van der Waals surface area contributed by atoms with Crippen molar-refractivity contribution in [2.24, 2.45) is 10.9 Å². The number of ether oxygens (including phenoxy) is 2. The molecule has 1 aliphatic rings. The average Bonchev–Trinajstić information content (AvgIpc) is 2.15. The summed E-state index contributed by atoms with van der Waals surface area (Å²) in [6.45, 7) is 0. The fourth-order valence-corrected chi connectivity index (χ4v) is 2.22. The lowest BCUT2D eigenvalue weighted by Gasteiger charge is -2.29. The number of hydrogen-bond acceptors (Lipinski definition) is 5. The van der Waals surface area contributed by atoms with E-state index in [4.69, 9.17) is 20.3 Å².